The molecule has 16 nitrogen and oxygen atoms in total. The smallest absolute Gasteiger partial charge is 0.254 e. The van der Waals surface area contributed by atoms with Gasteiger partial charge in [-0.15, -0.1) is 11.3 Å². The number of ether oxygens (including phenoxy) is 2. The van der Waals surface area contributed by atoms with Crippen molar-refractivity contribution in [2.24, 2.45) is 16.7 Å². The van der Waals surface area contributed by atoms with Crippen LogP contribution in [-0.4, -0.2) is 118 Å². The van der Waals surface area contributed by atoms with Gasteiger partial charge in [0.25, 0.3) is 11.8 Å². The van der Waals surface area contributed by atoms with Crippen molar-refractivity contribution in [2.45, 2.75) is 98.1 Å². The van der Waals surface area contributed by atoms with Crippen molar-refractivity contribution in [1.29, 1.82) is 5.26 Å². The Morgan fingerprint density at radius 3 is 2.36 bits per heavy atom. The number of rotatable bonds is 16. The van der Waals surface area contributed by atoms with E-state index in [1.807, 2.05) is 69.6 Å². The van der Waals surface area contributed by atoms with Gasteiger partial charge in [-0.1, -0.05) is 77.4 Å². The maximum atomic E-state index is 14.2. The number of hydrogen-bond acceptors (Lipinski definition) is 14. The normalized spacial score (nSPS) is 21.6. The topological polar surface area (TPSA) is 199 Å². The summed E-state index contributed by atoms with van der Waals surface area (Å²) >= 11 is 7.84. The van der Waals surface area contributed by atoms with Crippen molar-refractivity contribution >= 4 is 46.5 Å². The maximum absolute atomic E-state index is 14.2. The van der Waals surface area contributed by atoms with Gasteiger partial charge in [-0.2, -0.15) is 5.26 Å². The number of nitriles is 1. The highest BCUT2D eigenvalue weighted by atomic mass is 35.5. The van der Waals surface area contributed by atoms with E-state index in [9.17, 15) is 24.8 Å². The maximum Gasteiger partial charge on any atom is 0.254 e. The van der Waals surface area contributed by atoms with Crippen molar-refractivity contribution in [1.82, 2.24) is 35.6 Å². The summed E-state index contributed by atoms with van der Waals surface area (Å²) in [6, 6.07) is 19.1. The monoisotopic (exact) mass is 991 g/mol. The second-order valence-electron chi connectivity index (χ2n) is 20.2. The third-order valence-electron chi connectivity index (χ3n) is 14.2. The summed E-state index contributed by atoms with van der Waals surface area (Å²) in [5.41, 5.74) is 4.85. The lowest BCUT2D eigenvalue weighted by molar-refractivity contribution is -0.164. The molecule has 5 heterocycles. The number of amides is 3. The molecule has 18 heteroatoms. The summed E-state index contributed by atoms with van der Waals surface area (Å²) in [7, 11) is 0. The Balaban J connectivity index is 0.786. The van der Waals surface area contributed by atoms with Gasteiger partial charge in [0.05, 0.1) is 44.4 Å². The number of piperazine rings is 1. The Labute approximate surface area is 418 Å². The third-order valence-corrected chi connectivity index (χ3v) is 15.5. The highest BCUT2D eigenvalue weighted by Gasteiger charge is 2.64. The number of aromatic nitrogens is 3. The van der Waals surface area contributed by atoms with Crippen LogP contribution in [0.3, 0.4) is 0 Å². The lowest BCUT2D eigenvalue weighted by atomic mass is 9.49. The predicted molar refractivity (Wildman–Crippen MR) is 267 cm³/mol. The molecule has 2 saturated heterocycles. The quantitative estimate of drug-likeness (QED) is 0.0884. The molecule has 3 fully saturated rings. The number of carbonyl (C=O) groups excluding carboxylic acids is 3. The van der Waals surface area contributed by atoms with Gasteiger partial charge in [-0.05, 0) is 60.3 Å². The Hall–Kier alpha value is -6.06. The number of carbonyl (C=O) groups is 3. The molecule has 0 unspecified atom stereocenters. The molecule has 3 N–H and O–H groups in total. The molecule has 1 saturated carbocycles. The summed E-state index contributed by atoms with van der Waals surface area (Å²) in [5.74, 6) is 0.204. The number of aliphatic hydroxyl groups is 1. The first kappa shape index (κ1) is 50.3. The molecule has 2 aliphatic heterocycles. The highest BCUT2D eigenvalue weighted by molar-refractivity contribution is 7.13. The average Bonchev–Trinajstić information content (AvgIpc) is 4.10. The number of β-amino-alcohol motifs (C(OH)–C–C–N with tert-alkyl or cyclic N) is 1. The van der Waals surface area contributed by atoms with E-state index in [0.29, 0.717) is 40.8 Å². The van der Waals surface area contributed by atoms with Crippen LogP contribution in [0.15, 0.2) is 76.9 Å². The Kier molecular flexibility index (Phi) is 14.9. The molecule has 0 radical (unpaired) electrons. The van der Waals surface area contributed by atoms with Gasteiger partial charge in [0, 0.05) is 80.9 Å². The number of pyridine rings is 1. The van der Waals surface area contributed by atoms with E-state index in [2.05, 4.69) is 69.3 Å². The van der Waals surface area contributed by atoms with Crippen molar-refractivity contribution in [3.8, 4) is 28.1 Å². The van der Waals surface area contributed by atoms with Crippen molar-refractivity contribution in [2.75, 3.05) is 50.8 Å². The molecule has 3 amide bonds. The van der Waals surface area contributed by atoms with Crippen LogP contribution < -0.4 is 25.0 Å². The van der Waals surface area contributed by atoms with E-state index < -0.39 is 28.9 Å². The number of thiazole rings is 1. The van der Waals surface area contributed by atoms with Crippen LogP contribution in [0.4, 0.5) is 5.82 Å². The van der Waals surface area contributed by atoms with E-state index in [-0.39, 0.29) is 60.7 Å². The van der Waals surface area contributed by atoms with E-state index in [1.165, 1.54) is 4.90 Å². The van der Waals surface area contributed by atoms with E-state index >= 15 is 0 Å². The molecule has 2 aromatic carbocycles. The van der Waals surface area contributed by atoms with Gasteiger partial charge in [0.2, 0.25) is 11.8 Å². The van der Waals surface area contributed by atoms with Crippen LogP contribution in [-0.2, 0) is 9.59 Å². The summed E-state index contributed by atoms with van der Waals surface area (Å²) < 4.78 is 18.1. The zero-order chi connectivity index (χ0) is 50.1. The van der Waals surface area contributed by atoms with Crippen LogP contribution in [0.25, 0.3) is 10.4 Å². The summed E-state index contributed by atoms with van der Waals surface area (Å²) in [6.07, 6.45) is 0.706. The average molecular weight is 993 g/mol. The first-order valence-electron chi connectivity index (χ1n) is 23.8. The van der Waals surface area contributed by atoms with Crippen LogP contribution in [0.2, 0.25) is 5.02 Å². The van der Waals surface area contributed by atoms with Crippen molar-refractivity contribution in [3.63, 3.8) is 0 Å². The van der Waals surface area contributed by atoms with Crippen molar-refractivity contribution < 1.29 is 33.5 Å². The Morgan fingerprint density at radius 2 is 1.73 bits per heavy atom. The van der Waals surface area contributed by atoms with Crippen molar-refractivity contribution in [3.05, 3.63) is 106 Å². The summed E-state index contributed by atoms with van der Waals surface area (Å²) in [5, 5.41) is 30.7. The molecule has 3 aliphatic rings. The lowest BCUT2D eigenvalue weighted by Gasteiger charge is -2.63. The van der Waals surface area contributed by atoms with Gasteiger partial charge in [0.15, 0.2) is 5.76 Å². The number of benzene rings is 2. The van der Waals surface area contributed by atoms with Gasteiger partial charge >= 0.3 is 0 Å². The van der Waals surface area contributed by atoms with Crippen LogP contribution in [0.1, 0.15) is 99.8 Å². The zero-order valence-corrected chi connectivity index (χ0v) is 42.5. The second-order valence-corrected chi connectivity index (χ2v) is 21.4. The fraction of sp³-hybridized carbons (Fsp3) is 0.481. The fourth-order valence-electron chi connectivity index (χ4n) is 10.6. The second kappa shape index (κ2) is 20.7. The fourth-order valence-corrected chi connectivity index (χ4v) is 11.6. The number of likely N-dealkylation sites (tertiary alicyclic amines) is 1. The van der Waals surface area contributed by atoms with Crippen LogP contribution >= 0.6 is 22.9 Å². The number of halogens is 1. The van der Waals surface area contributed by atoms with Gasteiger partial charge in [0.1, 0.15) is 42.3 Å². The lowest BCUT2D eigenvalue weighted by Crippen LogP contribution is -2.74. The molecule has 8 rings (SSSR count). The van der Waals surface area contributed by atoms with Crippen LogP contribution in [0.5, 0.6) is 11.6 Å². The van der Waals surface area contributed by atoms with Gasteiger partial charge in [-0.3, -0.25) is 19.3 Å². The van der Waals surface area contributed by atoms with E-state index in [4.69, 9.17) is 25.6 Å². The number of aryl methyl sites for hydroxylation is 1. The first-order valence-corrected chi connectivity index (χ1v) is 25.1. The first-order chi connectivity index (χ1) is 33.3. The molecule has 5 aromatic rings. The number of aliphatic hydroxyl groups excluding tert-OH is 1. The van der Waals surface area contributed by atoms with Gasteiger partial charge in [-0.25, -0.2) is 9.97 Å². The Bertz CT molecular complexity index is 2690. The molecule has 0 bridgehead atoms. The zero-order valence-electron chi connectivity index (χ0n) is 40.9. The minimum Gasteiger partial charge on any atom is -0.489 e. The number of nitrogens with zero attached hydrogens (tertiary/aromatic N) is 7. The summed E-state index contributed by atoms with van der Waals surface area (Å²) in [4.78, 5) is 57.5. The minimum atomic E-state index is -0.843. The molecule has 1 aliphatic carbocycles. The number of hydrogen-bond donors (Lipinski definition) is 3. The minimum absolute atomic E-state index is 0.0383. The molecule has 3 aromatic heterocycles. The molecule has 70 heavy (non-hydrogen) atoms. The SMILES string of the molecule is Cc1ncsc1-c1ccc([C@H](C)NC(=O)[C@@H]2C[C@@H](O)CN2C(=O)[C@H](c2cc(OCCN3CCN(c4ccc(C(=O)NC5C(C)(C)C(Oc6ccc(C#N)c(Cl)c6)C5(C)C)cn4)CC3)no2)C(C)C)cc1. The third kappa shape index (κ3) is 10.5. The molecular weight excluding hydrogens is 930 g/mol. The predicted octanol–water partition coefficient (Wildman–Crippen LogP) is 7.42. The van der Waals surface area contributed by atoms with Crippen LogP contribution in [0, 0.1) is 35.0 Å². The largest absolute Gasteiger partial charge is 0.489 e. The van der Waals surface area contributed by atoms with E-state index in [0.717, 1.165) is 53.7 Å². The standard InChI is InChI=1S/C52H62ClN9O7S/c1-30(2)44(48(66)62-28-37(63)23-40(62)47(65)57-31(3)33-9-11-34(12-10-33)45-32(4)56-29-70-45)41-25-43(59-69-41)67-22-21-60-17-19-61(20-18-60)42-16-14-36(27-55-42)46(64)58-49-51(5,6)50(52(49,7)8)68-38-15-13-35(26-54)39(53)24-38/h9-16,24-25,27,29-31,37,40,44,49-50,63H,17-23,28H2,1-8H3,(H,57,65)(H,58,64)/t31-,37+,40-,44-,49?,50?/m0/s1. The molecular formula is C52H62ClN9O7S. The molecule has 370 valence electrons. The Morgan fingerprint density at radius 1 is 1.00 bits per heavy atom. The highest BCUT2D eigenvalue weighted by Crippen LogP contribution is 2.55. The number of nitrogens with one attached hydrogen (secondary N) is 2. The summed E-state index contributed by atoms with van der Waals surface area (Å²) in [6.45, 7) is 20.1. The molecule has 4 atom stereocenters. The van der Waals surface area contributed by atoms with E-state index in [1.54, 1.807) is 41.8 Å². The van der Waals surface area contributed by atoms with Gasteiger partial charge < -0.3 is 39.5 Å². The number of anilines is 1. The molecule has 0 spiro atoms.